The highest BCUT2D eigenvalue weighted by Gasteiger charge is 2.31. The Bertz CT molecular complexity index is 779. The number of anilines is 1. The number of ether oxygens (including phenoxy) is 1. The van der Waals surface area contributed by atoms with Crippen molar-refractivity contribution in [1.82, 2.24) is 0 Å². The Morgan fingerprint density at radius 1 is 1.17 bits per heavy atom. The van der Waals surface area contributed by atoms with Crippen molar-refractivity contribution < 1.29 is 27.6 Å². The van der Waals surface area contributed by atoms with Gasteiger partial charge in [-0.25, -0.2) is 4.79 Å². The molecule has 0 heterocycles. The van der Waals surface area contributed by atoms with Crippen LogP contribution >= 0.6 is 11.6 Å². The van der Waals surface area contributed by atoms with Gasteiger partial charge in [-0.2, -0.15) is 13.2 Å². The number of non-ortho nitro benzene ring substituents is 1. The number of alkyl halides is 3. The standard InChI is InChI=1S/C14H8ClF3N2O4/c15-9-5-8(14(16,17)18)6-10(7-9)19-13(21)24-12-3-1-11(2-4-12)20(22)23/h1-7H,(H,19,21). The maximum atomic E-state index is 12.7. The third kappa shape index (κ3) is 4.59. The first-order chi connectivity index (χ1) is 11.1. The molecule has 1 N–H and O–H groups in total. The highest BCUT2D eigenvalue weighted by atomic mass is 35.5. The van der Waals surface area contributed by atoms with E-state index in [1.807, 2.05) is 0 Å². The number of nitro groups is 1. The lowest BCUT2D eigenvalue weighted by Crippen LogP contribution is -2.17. The minimum Gasteiger partial charge on any atom is -0.410 e. The summed E-state index contributed by atoms with van der Waals surface area (Å²) < 4.78 is 42.9. The number of hydrogen-bond donors (Lipinski definition) is 1. The maximum absolute atomic E-state index is 12.7. The number of amides is 1. The summed E-state index contributed by atoms with van der Waals surface area (Å²) >= 11 is 5.59. The van der Waals surface area contributed by atoms with E-state index in [0.717, 1.165) is 18.2 Å². The molecule has 0 saturated carbocycles. The molecule has 0 saturated heterocycles. The van der Waals surface area contributed by atoms with Crippen LogP contribution < -0.4 is 10.1 Å². The summed E-state index contributed by atoms with van der Waals surface area (Å²) in [6.07, 6.45) is -5.69. The first kappa shape index (κ1) is 17.5. The molecule has 1 amide bonds. The van der Waals surface area contributed by atoms with Crippen molar-refractivity contribution in [3.05, 3.63) is 63.2 Å². The van der Waals surface area contributed by atoms with Crippen molar-refractivity contribution in [3.8, 4) is 5.75 Å². The lowest BCUT2D eigenvalue weighted by Gasteiger charge is -2.11. The van der Waals surface area contributed by atoms with Crippen molar-refractivity contribution in [2.45, 2.75) is 6.18 Å². The Hall–Kier alpha value is -2.81. The van der Waals surface area contributed by atoms with Gasteiger partial charge in [0, 0.05) is 22.8 Å². The molecule has 2 rings (SSSR count). The molecule has 0 aromatic heterocycles. The lowest BCUT2D eigenvalue weighted by molar-refractivity contribution is -0.384. The Morgan fingerprint density at radius 3 is 2.33 bits per heavy atom. The number of benzene rings is 2. The summed E-state index contributed by atoms with van der Waals surface area (Å²) in [7, 11) is 0. The number of rotatable bonds is 3. The number of hydrogen-bond acceptors (Lipinski definition) is 4. The second kappa shape index (κ2) is 6.75. The third-order valence-corrected chi connectivity index (χ3v) is 2.95. The van der Waals surface area contributed by atoms with E-state index < -0.39 is 22.8 Å². The monoisotopic (exact) mass is 360 g/mol. The largest absolute Gasteiger partial charge is 0.417 e. The number of nitrogens with zero attached hydrogens (tertiary/aromatic N) is 1. The molecule has 24 heavy (non-hydrogen) atoms. The van der Waals surface area contributed by atoms with Crippen LogP contribution in [0.1, 0.15) is 5.56 Å². The molecule has 0 unspecified atom stereocenters. The van der Waals surface area contributed by atoms with E-state index in [1.165, 1.54) is 12.1 Å². The molecule has 10 heteroatoms. The second-order valence-electron chi connectivity index (χ2n) is 4.49. The predicted molar refractivity (Wildman–Crippen MR) is 79.2 cm³/mol. The van der Waals surface area contributed by atoms with Gasteiger partial charge in [0.25, 0.3) is 5.69 Å². The van der Waals surface area contributed by atoms with Gasteiger partial charge in [-0.1, -0.05) is 11.6 Å². The molecule has 2 aromatic carbocycles. The van der Waals surface area contributed by atoms with Crippen LogP contribution in [0.25, 0.3) is 0 Å². The minimum absolute atomic E-state index is 0.0174. The van der Waals surface area contributed by atoms with Crippen LogP contribution in [0.15, 0.2) is 42.5 Å². The van der Waals surface area contributed by atoms with Crippen LogP contribution in [0.3, 0.4) is 0 Å². The average Bonchev–Trinajstić information content (AvgIpc) is 2.46. The number of nitrogens with one attached hydrogen (secondary N) is 1. The smallest absolute Gasteiger partial charge is 0.410 e. The minimum atomic E-state index is -4.62. The first-order valence-electron chi connectivity index (χ1n) is 6.26. The van der Waals surface area contributed by atoms with Gasteiger partial charge in [0.1, 0.15) is 5.75 Å². The zero-order valence-electron chi connectivity index (χ0n) is 11.6. The summed E-state index contributed by atoms with van der Waals surface area (Å²) in [5.41, 5.74) is -1.44. The number of carbonyl (C=O) groups is 1. The van der Waals surface area contributed by atoms with Crippen LogP contribution in [-0.4, -0.2) is 11.0 Å². The van der Waals surface area contributed by atoms with Gasteiger partial charge in [-0.3, -0.25) is 15.4 Å². The zero-order chi connectivity index (χ0) is 17.9. The molecular weight excluding hydrogens is 353 g/mol. The van der Waals surface area contributed by atoms with Crippen LogP contribution in [0.2, 0.25) is 5.02 Å². The Labute approximate surface area is 137 Å². The number of halogens is 4. The third-order valence-electron chi connectivity index (χ3n) is 2.73. The average molecular weight is 361 g/mol. The number of carbonyl (C=O) groups excluding carboxylic acids is 1. The van der Waals surface area contributed by atoms with Crippen molar-refractivity contribution in [2.24, 2.45) is 0 Å². The topological polar surface area (TPSA) is 81.5 Å². The molecule has 0 radical (unpaired) electrons. The van der Waals surface area contributed by atoms with Crippen LogP contribution in [0.4, 0.5) is 29.3 Å². The van der Waals surface area contributed by atoms with E-state index in [2.05, 4.69) is 5.32 Å². The molecule has 0 fully saturated rings. The summed E-state index contributed by atoms with van der Waals surface area (Å²) in [4.78, 5) is 21.6. The quantitative estimate of drug-likeness (QED) is 0.625. The van der Waals surface area contributed by atoms with Crippen molar-refractivity contribution >= 4 is 29.1 Å². The molecule has 0 atom stereocenters. The van der Waals surface area contributed by atoms with E-state index >= 15 is 0 Å². The fourth-order valence-corrected chi connectivity index (χ4v) is 1.95. The molecule has 0 bridgehead atoms. The molecule has 126 valence electrons. The van der Waals surface area contributed by atoms with Crippen molar-refractivity contribution in [3.63, 3.8) is 0 Å². The van der Waals surface area contributed by atoms with E-state index in [0.29, 0.717) is 12.1 Å². The molecule has 2 aromatic rings. The maximum Gasteiger partial charge on any atom is 0.417 e. The van der Waals surface area contributed by atoms with E-state index in [9.17, 15) is 28.1 Å². The van der Waals surface area contributed by atoms with E-state index in [4.69, 9.17) is 16.3 Å². The zero-order valence-corrected chi connectivity index (χ0v) is 12.4. The Balaban J connectivity index is 2.09. The van der Waals surface area contributed by atoms with E-state index in [-0.39, 0.29) is 22.1 Å². The summed E-state index contributed by atoms with van der Waals surface area (Å²) in [6, 6.07) is 7.12. The van der Waals surface area contributed by atoms with Gasteiger partial charge in [0.15, 0.2) is 0 Å². The van der Waals surface area contributed by atoms with Crippen LogP contribution in [0.5, 0.6) is 5.75 Å². The summed E-state index contributed by atoms with van der Waals surface area (Å²) in [5.74, 6) is -0.0174. The highest BCUT2D eigenvalue weighted by molar-refractivity contribution is 6.31. The van der Waals surface area contributed by atoms with Gasteiger partial charge in [-0.15, -0.1) is 0 Å². The molecular formula is C14H8ClF3N2O4. The number of nitro benzene ring substituents is 1. The van der Waals surface area contributed by atoms with Gasteiger partial charge in [0.2, 0.25) is 0 Å². The van der Waals surface area contributed by atoms with Gasteiger partial charge in [-0.05, 0) is 30.3 Å². The van der Waals surface area contributed by atoms with E-state index in [1.54, 1.807) is 0 Å². The molecule has 6 nitrogen and oxygen atoms in total. The fraction of sp³-hybridized carbons (Fsp3) is 0.0714. The van der Waals surface area contributed by atoms with Crippen molar-refractivity contribution in [1.29, 1.82) is 0 Å². The van der Waals surface area contributed by atoms with Gasteiger partial charge >= 0.3 is 12.3 Å². The van der Waals surface area contributed by atoms with Crippen molar-refractivity contribution in [2.75, 3.05) is 5.32 Å². The predicted octanol–water partition coefficient (Wildman–Crippen LogP) is 4.88. The highest BCUT2D eigenvalue weighted by Crippen LogP contribution is 2.33. The summed E-state index contributed by atoms with van der Waals surface area (Å²) in [6.45, 7) is 0. The molecule has 0 aliphatic heterocycles. The normalized spacial score (nSPS) is 11.0. The SMILES string of the molecule is O=C(Nc1cc(Cl)cc(C(F)(F)F)c1)Oc1ccc([N+](=O)[O-])cc1. The fourth-order valence-electron chi connectivity index (χ4n) is 1.71. The van der Waals surface area contributed by atoms with Crippen LogP contribution in [0, 0.1) is 10.1 Å². The molecule has 0 spiro atoms. The second-order valence-corrected chi connectivity index (χ2v) is 4.93. The van der Waals surface area contributed by atoms with Crippen LogP contribution in [-0.2, 0) is 6.18 Å². The van der Waals surface area contributed by atoms with Gasteiger partial charge in [0.05, 0.1) is 10.5 Å². The molecule has 0 aliphatic rings. The Kier molecular flexibility index (Phi) is 4.93. The van der Waals surface area contributed by atoms with Gasteiger partial charge < -0.3 is 4.74 Å². The summed E-state index contributed by atoms with van der Waals surface area (Å²) in [5, 5.41) is 12.4. The lowest BCUT2D eigenvalue weighted by atomic mass is 10.2. The molecule has 0 aliphatic carbocycles. The Morgan fingerprint density at radius 2 is 1.79 bits per heavy atom. The first-order valence-corrected chi connectivity index (χ1v) is 6.64.